The van der Waals surface area contributed by atoms with Gasteiger partial charge in [-0.15, -0.1) is 0 Å². The molecule has 7 nitrogen and oxygen atoms in total. The maximum Gasteiger partial charge on any atom is 0.322 e. The second kappa shape index (κ2) is 9.92. The Hall–Kier alpha value is -3.65. The minimum Gasteiger partial charge on any atom is -0.354 e. The molecule has 1 aliphatic rings. The van der Waals surface area contributed by atoms with Crippen LogP contribution in [0.4, 0.5) is 14.9 Å². The lowest BCUT2D eigenvalue weighted by atomic mass is 9.96. The van der Waals surface area contributed by atoms with Crippen molar-refractivity contribution >= 4 is 35.0 Å². The molecule has 1 aliphatic heterocycles. The number of hydrogen-bond acceptors (Lipinski definition) is 3. The first-order chi connectivity index (χ1) is 16.7. The highest BCUT2D eigenvalue weighted by Gasteiger charge is 2.29. The summed E-state index contributed by atoms with van der Waals surface area (Å²) in [5.41, 5.74) is 3.67. The van der Waals surface area contributed by atoms with Gasteiger partial charge < -0.3 is 20.1 Å². The third kappa shape index (κ3) is 4.93. The summed E-state index contributed by atoms with van der Waals surface area (Å²) in [6.45, 7) is 4.02. The zero-order valence-electron chi connectivity index (χ0n) is 19.7. The Morgan fingerprint density at radius 1 is 1.09 bits per heavy atom. The van der Waals surface area contributed by atoms with Crippen LogP contribution in [0.25, 0.3) is 0 Å². The summed E-state index contributed by atoms with van der Waals surface area (Å²) in [7, 11) is 1.49. The molecule has 35 heavy (non-hydrogen) atoms. The van der Waals surface area contributed by atoms with Crippen molar-refractivity contribution in [3.63, 3.8) is 0 Å². The van der Waals surface area contributed by atoms with E-state index in [1.54, 1.807) is 22.5 Å². The van der Waals surface area contributed by atoms with Crippen LogP contribution in [-0.4, -0.2) is 34.2 Å². The average molecular weight is 497 g/mol. The molecule has 0 aliphatic carbocycles. The lowest BCUT2D eigenvalue weighted by Gasteiger charge is -2.22. The smallest absolute Gasteiger partial charge is 0.322 e. The van der Waals surface area contributed by atoms with E-state index < -0.39 is 17.6 Å². The predicted molar refractivity (Wildman–Crippen MR) is 132 cm³/mol. The van der Waals surface area contributed by atoms with Gasteiger partial charge in [-0.25, -0.2) is 9.18 Å². The molecule has 1 atom stereocenters. The Bertz CT molecular complexity index is 1290. The molecular formula is C26H26ClFN4O3. The highest BCUT2D eigenvalue weighted by molar-refractivity contribution is 6.31. The van der Waals surface area contributed by atoms with Gasteiger partial charge in [-0.05, 0) is 47.9 Å². The SMILES string of the molecule is CNC(=O)c1cc(NC(=O)N2Cc3ccccc3C2)c([C@@H](C)c2cc(F)ccc2Cl)n1CC(C)=O. The number of nitrogens with zero attached hydrogens (tertiary/aromatic N) is 2. The molecule has 182 valence electrons. The van der Waals surface area contributed by atoms with Gasteiger partial charge in [0.25, 0.3) is 5.91 Å². The van der Waals surface area contributed by atoms with Gasteiger partial charge in [0.2, 0.25) is 0 Å². The molecule has 0 fully saturated rings. The second-order valence-electron chi connectivity index (χ2n) is 8.64. The zero-order chi connectivity index (χ0) is 25.3. The minimum atomic E-state index is -0.540. The van der Waals surface area contributed by atoms with Gasteiger partial charge in [-0.1, -0.05) is 42.8 Å². The summed E-state index contributed by atoms with van der Waals surface area (Å²) in [5, 5.41) is 5.83. The lowest BCUT2D eigenvalue weighted by molar-refractivity contribution is -0.117. The molecule has 9 heteroatoms. The Morgan fingerprint density at radius 3 is 2.34 bits per heavy atom. The van der Waals surface area contributed by atoms with Crippen LogP contribution in [-0.2, 0) is 24.4 Å². The van der Waals surface area contributed by atoms with Crippen LogP contribution in [0.1, 0.15) is 52.6 Å². The number of fused-ring (bicyclic) bond motifs is 1. The van der Waals surface area contributed by atoms with Crippen molar-refractivity contribution < 1.29 is 18.8 Å². The standard InChI is InChI=1S/C26H26ClFN4O3/c1-15(33)12-32-23(25(34)29-3)11-22(24(32)16(2)20-10-19(28)8-9-21(20)27)30-26(35)31-13-17-6-4-5-7-18(17)14-31/h4-11,16H,12-14H2,1-3H3,(H,29,34)(H,30,35)/t16-/m0/s1. The molecular weight excluding hydrogens is 471 g/mol. The summed E-state index contributed by atoms with van der Waals surface area (Å²) >= 11 is 6.39. The van der Waals surface area contributed by atoms with Crippen LogP contribution in [0, 0.1) is 5.82 Å². The van der Waals surface area contributed by atoms with Gasteiger partial charge in [0.05, 0.1) is 12.2 Å². The van der Waals surface area contributed by atoms with Crippen molar-refractivity contribution in [1.29, 1.82) is 0 Å². The van der Waals surface area contributed by atoms with Crippen LogP contribution < -0.4 is 10.6 Å². The van der Waals surface area contributed by atoms with Crippen LogP contribution in [0.5, 0.6) is 0 Å². The summed E-state index contributed by atoms with van der Waals surface area (Å²) in [4.78, 5) is 39.8. The quantitative estimate of drug-likeness (QED) is 0.507. The van der Waals surface area contributed by atoms with E-state index in [0.717, 1.165) is 11.1 Å². The minimum absolute atomic E-state index is 0.0968. The number of anilines is 1. The van der Waals surface area contributed by atoms with Crippen molar-refractivity contribution in [3.05, 3.63) is 87.4 Å². The number of urea groups is 1. The van der Waals surface area contributed by atoms with Gasteiger partial charge in [-0.2, -0.15) is 0 Å². The highest BCUT2D eigenvalue weighted by Crippen LogP contribution is 2.37. The number of nitrogens with one attached hydrogen (secondary N) is 2. The number of benzene rings is 2. The lowest BCUT2D eigenvalue weighted by Crippen LogP contribution is -2.30. The first-order valence-corrected chi connectivity index (χ1v) is 11.6. The Morgan fingerprint density at radius 2 is 1.74 bits per heavy atom. The van der Waals surface area contributed by atoms with Gasteiger partial charge >= 0.3 is 6.03 Å². The maximum absolute atomic E-state index is 14.1. The number of halogens is 2. The number of hydrogen-bond donors (Lipinski definition) is 2. The second-order valence-corrected chi connectivity index (χ2v) is 9.05. The highest BCUT2D eigenvalue weighted by atomic mass is 35.5. The molecule has 0 bridgehead atoms. The summed E-state index contributed by atoms with van der Waals surface area (Å²) in [5.74, 6) is -1.61. The Kier molecular flexibility index (Phi) is 6.93. The number of Topliss-reactive ketones (excluding diaryl/α,β-unsaturated/α-hetero) is 1. The predicted octanol–water partition coefficient (Wildman–Crippen LogP) is 4.93. The number of ketones is 1. The number of carbonyl (C=O) groups is 3. The molecule has 4 rings (SSSR count). The van der Waals surface area contributed by atoms with Crippen LogP contribution >= 0.6 is 11.6 Å². The molecule has 0 saturated heterocycles. The van der Waals surface area contributed by atoms with Crippen molar-refractivity contribution in [2.45, 2.75) is 39.4 Å². The van der Waals surface area contributed by atoms with E-state index >= 15 is 0 Å². The molecule has 0 radical (unpaired) electrons. The van der Waals surface area contributed by atoms with Crippen LogP contribution in [0.15, 0.2) is 48.5 Å². The fourth-order valence-electron chi connectivity index (χ4n) is 4.50. The first-order valence-electron chi connectivity index (χ1n) is 11.2. The zero-order valence-corrected chi connectivity index (χ0v) is 20.4. The average Bonchev–Trinajstić information content (AvgIpc) is 3.41. The molecule has 3 aromatic rings. The molecule has 2 N–H and O–H groups in total. The van der Waals surface area contributed by atoms with Crippen molar-refractivity contribution in [3.8, 4) is 0 Å². The third-order valence-corrected chi connectivity index (χ3v) is 6.53. The fourth-order valence-corrected chi connectivity index (χ4v) is 4.79. The van der Waals surface area contributed by atoms with Gasteiger partial charge in [0.15, 0.2) is 0 Å². The van der Waals surface area contributed by atoms with Gasteiger partial charge in [-0.3, -0.25) is 9.59 Å². The molecule has 0 unspecified atom stereocenters. The summed E-state index contributed by atoms with van der Waals surface area (Å²) in [6, 6.07) is 13.1. The molecule has 0 saturated carbocycles. The van der Waals surface area contributed by atoms with E-state index in [4.69, 9.17) is 11.6 Å². The van der Waals surface area contributed by atoms with Crippen LogP contribution in [0.3, 0.4) is 0 Å². The van der Waals surface area contributed by atoms with Crippen molar-refractivity contribution in [2.24, 2.45) is 0 Å². The summed E-state index contributed by atoms with van der Waals surface area (Å²) < 4.78 is 15.7. The van der Waals surface area contributed by atoms with Crippen LogP contribution in [0.2, 0.25) is 5.02 Å². The fraction of sp³-hybridized carbons (Fsp3) is 0.269. The first kappa shape index (κ1) is 24.5. The monoisotopic (exact) mass is 496 g/mol. The molecule has 3 amide bonds. The maximum atomic E-state index is 14.1. The van der Waals surface area contributed by atoms with E-state index in [9.17, 15) is 18.8 Å². The number of rotatable bonds is 6. The molecule has 2 heterocycles. The topological polar surface area (TPSA) is 83.4 Å². The molecule has 2 aromatic carbocycles. The number of carbonyl (C=O) groups excluding carboxylic acids is 3. The third-order valence-electron chi connectivity index (χ3n) is 6.18. The number of amides is 3. The Balaban J connectivity index is 1.77. The number of aromatic nitrogens is 1. The van der Waals surface area contributed by atoms with Crippen molar-refractivity contribution in [1.82, 2.24) is 14.8 Å². The van der Waals surface area contributed by atoms with Crippen molar-refractivity contribution in [2.75, 3.05) is 12.4 Å². The normalized spacial score (nSPS) is 13.3. The summed E-state index contributed by atoms with van der Waals surface area (Å²) in [6.07, 6.45) is 0. The van der Waals surface area contributed by atoms with E-state index in [-0.39, 0.29) is 24.1 Å². The van der Waals surface area contributed by atoms with Gasteiger partial charge in [0.1, 0.15) is 17.3 Å². The Labute approximate surface area is 207 Å². The van der Waals surface area contributed by atoms with E-state index in [0.29, 0.717) is 35.1 Å². The van der Waals surface area contributed by atoms with E-state index in [1.807, 2.05) is 24.3 Å². The molecule has 1 aromatic heterocycles. The largest absolute Gasteiger partial charge is 0.354 e. The van der Waals surface area contributed by atoms with E-state index in [2.05, 4.69) is 10.6 Å². The van der Waals surface area contributed by atoms with Gasteiger partial charge in [0, 0.05) is 36.8 Å². The molecule has 0 spiro atoms. The van der Waals surface area contributed by atoms with E-state index in [1.165, 1.54) is 32.2 Å².